The predicted octanol–water partition coefficient (Wildman–Crippen LogP) is 1.52. The van der Waals surface area contributed by atoms with Gasteiger partial charge in [-0.15, -0.1) is 0 Å². The van der Waals surface area contributed by atoms with Crippen LogP contribution in [0, 0.1) is 11.8 Å². The molecule has 4 heteroatoms. The van der Waals surface area contributed by atoms with Gasteiger partial charge in [0.25, 0.3) is 0 Å². The van der Waals surface area contributed by atoms with Crippen LogP contribution < -0.4 is 10.6 Å². The topological polar surface area (TPSA) is 50.4 Å². The van der Waals surface area contributed by atoms with Gasteiger partial charge >= 0.3 is 6.09 Å². The maximum Gasteiger partial charge on any atom is 0.407 e. The molecule has 1 heterocycles. The average Bonchev–Trinajstić information content (AvgIpc) is 2.76. The van der Waals surface area contributed by atoms with Crippen LogP contribution in [0.3, 0.4) is 0 Å². The number of hydrogen-bond donors (Lipinski definition) is 2. The molecule has 18 heavy (non-hydrogen) atoms. The zero-order valence-corrected chi connectivity index (χ0v) is 10.3. The normalized spacial score (nSPS) is 29.2. The molecule has 1 aromatic carbocycles. The largest absolute Gasteiger partial charge is 0.445 e. The van der Waals surface area contributed by atoms with E-state index in [1.54, 1.807) is 0 Å². The zero-order chi connectivity index (χ0) is 12.4. The van der Waals surface area contributed by atoms with E-state index in [9.17, 15) is 4.79 Å². The summed E-state index contributed by atoms with van der Waals surface area (Å²) in [7, 11) is 0. The number of nitrogens with one attached hydrogen (secondary N) is 2. The van der Waals surface area contributed by atoms with Crippen molar-refractivity contribution in [1.29, 1.82) is 0 Å². The third kappa shape index (κ3) is 2.34. The second-order valence-corrected chi connectivity index (χ2v) is 5.13. The number of carbonyl (C=O) groups is 1. The maximum atomic E-state index is 11.7. The van der Waals surface area contributed by atoms with Crippen molar-refractivity contribution in [1.82, 2.24) is 10.6 Å². The fraction of sp³-hybridized carbons (Fsp3) is 0.500. The lowest BCUT2D eigenvalue weighted by Gasteiger charge is -2.39. The lowest BCUT2D eigenvalue weighted by molar-refractivity contribution is 0.105. The number of amides is 1. The summed E-state index contributed by atoms with van der Waals surface area (Å²) in [4.78, 5) is 11.7. The Balaban J connectivity index is 1.43. The highest BCUT2D eigenvalue weighted by Gasteiger charge is 2.44. The third-order valence-corrected chi connectivity index (χ3v) is 3.98. The van der Waals surface area contributed by atoms with Gasteiger partial charge in [0.1, 0.15) is 6.61 Å². The van der Waals surface area contributed by atoms with Gasteiger partial charge in [0.15, 0.2) is 0 Å². The maximum absolute atomic E-state index is 11.7. The van der Waals surface area contributed by atoms with Crippen molar-refractivity contribution < 1.29 is 9.53 Å². The Hall–Kier alpha value is -1.55. The molecule has 0 radical (unpaired) electrons. The van der Waals surface area contributed by atoms with Gasteiger partial charge in [0.05, 0.1) is 0 Å². The number of benzene rings is 1. The van der Waals surface area contributed by atoms with E-state index in [2.05, 4.69) is 10.6 Å². The second-order valence-electron chi connectivity index (χ2n) is 5.13. The molecule has 1 aromatic rings. The summed E-state index contributed by atoms with van der Waals surface area (Å²) in [6.07, 6.45) is 0.784. The minimum atomic E-state index is -0.297. The van der Waals surface area contributed by atoms with Crippen LogP contribution in [0.4, 0.5) is 4.79 Å². The van der Waals surface area contributed by atoms with Gasteiger partial charge in [-0.25, -0.2) is 4.79 Å². The molecule has 0 aromatic heterocycles. The Morgan fingerprint density at radius 2 is 2.17 bits per heavy atom. The smallest absolute Gasteiger partial charge is 0.407 e. The van der Waals surface area contributed by atoms with E-state index in [-0.39, 0.29) is 6.09 Å². The summed E-state index contributed by atoms with van der Waals surface area (Å²) in [5, 5.41) is 6.31. The standard InChI is InChI=1S/C14H18N2O2/c17-14(18-9-10-4-2-1-3-5-10)16-13-6-11-7-15-8-12(11)13/h1-5,11-13,15H,6-9H2,(H,16,17). The van der Waals surface area contributed by atoms with Crippen LogP contribution in [0.25, 0.3) is 0 Å². The minimum Gasteiger partial charge on any atom is -0.445 e. The molecule has 1 amide bonds. The van der Waals surface area contributed by atoms with Gasteiger partial charge in [-0.3, -0.25) is 0 Å². The van der Waals surface area contributed by atoms with Gasteiger partial charge < -0.3 is 15.4 Å². The van der Waals surface area contributed by atoms with Crippen LogP contribution >= 0.6 is 0 Å². The highest BCUT2D eigenvalue weighted by Crippen LogP contribution is 2.37. The number of alkyl carbamates (subject to hydrolysis) is 1. The first kappa shape index (κ1) is 11.5. The highest BCUT2D eigenvalue weighted by molar-refractivity contribution is 5.67. The molecule has 4 nitrogen and oxygen atoms in total. The van der Waals surface area contributed by atoms with Gasteiger partial charge in [-0.1, -0.05) is 30.3 Å². The summed E-state index contributed by atoms with van der Waals surface area (Å²) in [5.41, 5.74) is 1.02. The van der Waals surface area contributed by atoms with Crippen LogP contribution in [0.1, 0.15) is 12.0 Å². The molecule has 96 valence electrons. The molecule has 3 rings (SSSR count). The van der Waals surface area contributed by atoms with E-state index in [0.29, 0.717) is 18.6 Å². The Kier molecular flexibility index (Phi) is 3.19. The molecule has 0 spiro atoms. The number of ether oxygens (including phenoxy) is 1. The molecule has 1 aliphatic carbocycles. The van der Waals surface area contributed by atoms with Gasteiger partial charge in [-0.2, -0.15) is 0 Å². The first-order valence-corrected chi connectivity index (χ1v) is 6.51. The molecule has 3 atom stereocenters. The monoisotopic (exact) mass is 246 g/mol. The number of rotatable bonds is 3. The minimum absolute atomic E-state index is 0.297. The van der Waals surface area contributed by atoms with Crippen LogP contribution in [0.2, 0.25) is 0 Å². The summed E-state index contributed by atoms with van der Waals surface area (Å²) in [6.45, 7) is 2.46. The Labute approximate surface area is 107 Å². The van der Waals surface area contributed by atoms with Gasteiger partial charge in [0, 0.05) is 12.6 Å². The summed E-state index contributed by atoms with van der Waals surface area (Å²) < 4.78 is 5.21. The number of hydrogen-bond acceptors (Lipinski definition) is 3. The van der Waals surface area contributed by atoms with E-state index < -0.39 is 0 Å². The molecule has 2 N–H and O–H groups in total. The van der Waals surface area contributed by atoms with E-state index in [1.807, 2.05) is 30.3 Å². The van der Waals surface area contributed by atoms with Crippen molar-refractivity contribution in [3.8, 4) is 0 Å². The first-order valence-electron chi connectivity index (χ1n) is 6.51. The van der Waals surface area contributed by atoms with Crippen molar-refractivity contribution in [3.63, 3.8) is 0 Å². The zero-order valence-electron chi connectivity index (χ0n) is 10.3. The molecule has 1 saturated heterocycles. The fourth-order valence-electron chi connectivity index (χ4n) is 2.87. The van der Waals surface area contributed by atoms with E-state index in [4.69, 9.17) is 4.74 Å². The summed E-state index contributed by atoms with van der Waals surface area (Å²) in [5.74, 6) is 1.36. The summed E-state index contributed by atoms with van der Waals surface area (Å²) in [6, 6.07) is 10.0. The van der Waals surface area contributed by atoms with Crippen molar-refractivity contribution in [2.24, 2.45) is 11.8 Å². The Morgan fingerprint density at radius 1 is 1.33 bits per heavy atom. The van der Waals surface area contributed by atoms with Gasteiger partial charge in [0.2, 0.25) is 0 Å². The van der Waals surface area contributed by atoms with Crippen LogP contribution in [-0.2, 0) is 11.3 Å². The Bertz CT molecular complexity index is 421. The molecule has 0 bridgehead atoms. The quantitative estimate of drug-likeness (QED) is 0.850. The van der Waals surface area contributed by atoms with Crippen molar-refractivity contribution >= 4 is 6.09 Å². The van der Waals surface area contributed by atoms with E-state index in [1.165, 1.54) is 0 Å². The molecule has 1 saturated carbocycles. The first-order chi connectivity index (χ1) is 8.83. The lowest BCUT2D eigenvalue weighted by atomic mass is 9.71. The average molecular weight is 246 g/mol. The van der Waals surface area contributed by atoms with Crippen LogP contribution in [0.5, 0.6) is 0 Å². The fourth-order valence-corrected chi connectivity index (χ4v) is 2.87. The Morgan fingerprint density at radius 3 is 2.94 bits per heavy atom. The van der Waals surface area contributed by atoms with Crippen LogP contribution in [-0.4, -0.2) is 25.2 Å². The van der Waals surface area contributed by atoms with Gasteiger partial charge in [-0.05, 0) is 30.4 Å². The van der Waals surface area contributed by atoms with Crippen molar-refractivity contribution in [2.75, 3.05) is 13.1 Å². The van der Waals surface area contributed by atoms with Crippen molar-refractivity contribution in [2.45, 2.75) is 19.1 Å². The highest BCUT2D eigenvalue weighted by atomic mass is 16.5. The molecule has 3 unspecified atom stereocenters. The lowest BCUT2D eigenvalue weighted by Crippen LogP contribution is -2.52. The van der Waals surface area contributed by atoms with E-state index >= 15 is 0 Å². The molecule has 2 fully saturated rings. The van der Waals surface area contributed by atoms with Crippen LogP contribution in [0.15, 0.2) is 30.3 Å². The number of fused-ring (bicyclic) bond motifs is 1. The SMILES string of the molecule is O=C(NC1CC2CNCC21)OCc1ccccc1. The predicted molar refractivity (Wildman–Crippen MR) is 68.0 cm³/mol. The summed E-state index contributed by atoms with van der Waals surface area (Å²) >= 11 is 0. The third-order valence-electron chi connectivity index (χ3n) is 3.98. The molecule has 2 aliphatic rings. The molecule has 1 aliphatic heterocycles. The van der Waals surface area contributed by atoms with Crippen molar-refractivity contribution in [3.05, 3.63) is 35.9 Å². The molecular weight excluding hydrogens is 228 g/mol. The molecular formula is C14H18N2O2. The number of carbonyl (C=O) groups excluding carboxylic acids is 1. The van der Waals surface area contributed by atoms with E-state index in [0.717, 1.165) is 31.0 Å². The second kappa shape index (κ2) is 4.98.